The van der Waals surface area contributed by atoms with Crippen molar-refractivity contribution in [1.82, 2.24) is 13.8 Å². The highest BCUT2D eigenvalue weighted by Crippen LogP contribution is 2.31. The van der Waals surface area contributed by atoms with E-state index in [9.17, 15) is 13.2 Å². The minimum absolute atomic E-state index is 0.107. The lowest BCUT2D eigenvalue weighted by Gasteiger charge is -2.32. The summed E-state index contributed by atoms with van der Waals surface area (Å²) in [5.41, 5.74) is 4.45. The molecule has 0 saturated carbocycles. The normalized spacial score (nSPS) is 15.4. The van der Waals surface area contributed by atoms with Gasteiger partial charge >= 0.3 is 0 Å². The monoisotopic (exact) mass is 506 g/mol. The molecule has 0 unspecified atom stereocenters. The number of furan rings is 1. The number of rotatable bonds is 7. The third-order valence-electron chi connectivity index (χ3n) is 6.59. The van der Waals surface area contributed by atoms with Crippen molar-refractivity contribution < 1.29 is 12.8 Å². The molecule has 1 aliphatic heterocycles. The van der Waals surface area contributed by atoms with E-state index >= 15 is 0 Å². The highest BCUT2D eigenvalue weighted by Gasteiger charge is 2.24. The number of anilines is 1. The summed E-state index contributed by atoms with van der Waals surface area (Å²) in [4.78, 5) is 15.1. The Morgan fingerprint density at radius 1 is 0.972 bits per heavy atom. The number of pyridine rings is 1. The second-order valence-electron chi connectivity index (χ2n) is 9.27. The summed E-state index contributed by atoms with van der Waals surface area (Å²) in [7, 11) is -1.43. The van der Waals surface area contributed by atoms with Crippen molar-refractivity contribution in [3.05, 3.63) is 88.5 Å². The van der Waals surface area contributed by atoms with Gasteiger partial charge in [-0.15, -0.1) is 0 Å². The minimum atomic E-state index is -3.18. The van der Waals surface area contributed by atoms with Crippen LogP contribution in [0, 0.1) is 0 Å². The summed E-state index contributed by atoms with van der Waals surface area (Å²) in [6, 6.07) is 20.1. The highest BCUT2D eigenvalue weighted by molar-refractivity contribution is 7.88. The van der Waals surface area contributed by atoms with Crippen LogP contribution in [0.25, 0.3) is 22.1 Å². The lowest BCUT2D eigenvalue weighted by molar-refractivity contribution is 0.172. The summed E-state index contributed by atoms with van der Waals surface area (Å²) in [6.45, 7) is 3.37. The van der Waals surface area contributed by atoms with Crippen molar-refractivity contribution in [2.24, 2.45) is 7.05 Å². The number of sulfonamides is 1. The highest BCUT2D eigenvalue weighted by atomic mass is 32.2. The van der Waals surface area contributed by atoms with Crippen molar-refractivity contribution in [1.29, 1.82) is 0 Å². The fraction of sp³-hybridized carbons (Fsp3) is 0.296. The van der Waals surface area contributed by atoms with Gasteiger partial charge < -0.3 is 14.3 Å². The Balaban J connectivity index is 1.40. The van der Waals surface area contributed by atoms with E-state index in [1.807, 2.05) is 48.7 Å². The van der Waals surface area contributed by atoms with Crippen LogP contribution in [0.3, 0.4) is 0 Å². The molecule has 2 aromatic carbocycles. The minimum Gasteiger partial charge on any atom is -0.459 e. The van der Waals surface area contributed by atoms with Gasteiger partial charge in [-0.1, -0.05) is 42.5 Å². The largest absolute Gasteiger partial charge is 0.459 e. The van der Waals surface area contributed by atoms with Gasteiger partial charge in [-0.25, -0.2) is 8.42 Å². The van der Waals surface area contributed by atoms with Crippen LogP contribution in [0.15, 0.2) is 76.1 Å². The third-order valence-corrected chi connectivity index (χ3v) is 7.90. The zero-order chi connectivity index (χ0) is 25.3. The predicted molar refractivity (Wildman–Crippen MR) is 142 cm³/mol. The molecule has 2 aromatic heterocycles. The van der Waals surface area contributed by atoms with Crippen LogP contribution >= 0.6 is 0 Å². The van der Waals surface area contributed by atoms with Crippen LogP contribution < -0.4 is 10.9 Å². The Bertz CT molecular complexity index is 1540. The van der Waals surface area contributed by atoms with Gasteiger partial charge in [0.05, 0.1) is 18.2 Å². The number of aromatic nitrogens is 1. The van der Waals surface area contributed by atoms with E-state index in [1.165, 1.54) is 16.1 Å². The van der Waals surface area contributed by atoms with E-state index in [0.717, 1.165) is 16.8 Å². The third kappa shape index (κ3) is 5.23. The molecular weight excluding hydrogens is 476 g/mol. The average Bonchev–Trinajstić information content (AvgIpc) is 3.29. The van der Waals surface area contributed by atoms with E-state index in [-0.39, 0.29) is 5.56 Å². The van der Waals surface area contributed by atoms with Crippen LogP contribution in [-0.4, -0.2) is 54.6 Å². The number of hydrogen-bond donors (Lipinski definition) is 1. The summed E-state index contributed by atoms with van der Waals surface area (Å²) < 4.78 is 32.9. The van der Waals surface area contributed by atoms with E-state index in [4.69, 9.17) is 4.42 Å². The number of nitrogens with zero attached hydrogens (tertiary/aromatic N) is 3. The molecule has 0 aliphatic carbocycles. The Kier molecular flexibility index (Phi) is 6.70. The molecule has 5 rings (SSSR count). The second-order valence-corrected chi connectivity index (χ2v) is 11.3. The molecule has 1 fully saturated rings. The first-order chi connectivity index (χ1) is 17.3. The van der Waals surface area contributed by atoms with E-state index in [2.05, 4.69) is 28.4 Å². The maximum absolute atomic E-state index is 12.9. The van der Waals surface area contributed by atoms with Crippen LogP contribution in [0.2, 0.25) is 0 Å². The molecule has 8 nitrogen and oxygen atoms in total. The number of fused-ring (bicyclic) bond motifs is 1. The standard InChI is InChI=1S/C27H30N4O4S/c1-29-19-25(21-9-6-10-22(15-21)28-17-20-7-4-3-5-8-20)26-24(27(29)32)16-23(35-26)18-30-11-13-31(14-12-30)36(2,33)34/h3-10,15-16,19,28H,11-14,17-18H2,1-2H3. The maximum atomic E-state index is 12.9. The summed E-state index contributed by atoms with van der Waals surface area (Å²) in [5.74, 6) is 0.695. The molecule has 36 heavy (non-hydrogen) atoms. The number of piperazine rings is 1. The molecule has 0 spiro atoms. The molecule has 3 heterocycles. The van der Waals surface area contributed by atoms with Crippen molar-refractivity contribution >= 4 is 26.7 Å². The first-order valence-electron chi connectivity index (χ1n) is 12.0. The van der Waals surface area contributed by atoms with Gasteiger partial charge in [0.1, 0.15) is 11.3 Å². The first-order valence-corrected chi connectivity index (χ1v) is 13.8. The lowest BCUT2D eigenvalue weighted by atomic mass is 10.0. The van der Waals surface area contributed by atoms with Crippen molar-refractivity contribution in [3.63, 3.8) is 0 Å². The zero-order valence-electron chi connectivity index (χ0n) is 20.5. The quantitative estimate of drug-likeness (QED) is 0.413. The Labute approximate surface area is 210 Å². The first kappa shape index (κ1) is 24.3. The number of benzene rings is 2. The molecular formula is C27H30N4O4S. The molecule has 0 radical (unpaired) electrons. The molecule has 0 atom stereocenters. The maximum Gasteiger partial charge on any atom is 0.261 e. The van der Waals surface area contributed by atoms with Gasteiger partial charge in [-0.05, 0) is 29.3 Å². The van der Waals surface area contributed by atoms with E-state index in [0.29, 0.717) is 56.0 Å². The molecule has 0 bridgehead atoms. The smallest absolute Gasteiger partial charge is 0.261 e. The van der Waals surface area contributed by atoms with E-state index < -0.39 is 10.0 Å². The molecule has 1 saturated heterocycles. The predicted octanol–water partition coefficient (Wildman–Crippen LogP) is 3.49. The van der Waals surface area contributed by atoms with Crippen molar-refractivity contribution in [2.45, 2.75) is 13.1 Å². The fourth-order valence-electron chi connectivity index (χ4n) is 4.62. The van der Waals surface area contributed by atoms with Gasteiger partial charge in [0.2, 0.25) is 10.0 Å². The van der Waals surface area contributed by atoms with Crippen LogP contribution in [-0.2, 0) is 30.2 Å². The van der Waals surface area contributed by atoms with Gasteiger partial charge in [-0.3, -0.25) is 9.69 Å². The van der Waals surface area contributed by atoms with Gasteiger partial charge in [-0.2, -0.15) is 4.31 Å². The summed E-state index contributed by atoms with van der Waals surface area (Å²) in [5, 5.41) is 4.01. The SMILES string of the molecule is Cn1cc(-c2cccc(NCc3ccccc3)c2)c2oc(CN3CCN(S(C)(=O)=O)CC3)cc2c1=O. The summed E-state index contributed by atoms with van der Waals surface area (Å²) in [6.07, 6.45) is 3.06. The van der Waals surface area contributed by atoms with Crippen molar-refractivity contribution in [3.8, 4) is 11.1 Å². The molecule has 4 aromatic rings. The molecule has 188 valence electrons. The topological polar surface area (TPSA) is 87.8 Å². The Morgan fingerprint density at radius 3 is 2.44 bits per heavy atom. The lowest BCUT2D eigenvalue weighted by Crippen LogP contribution is -2.47. The van der Waals surface area contributed by atoms with Crippen LogP contribution in [0.1, 0.15) is 11.3 Å². The molecule has 1 N–H and O–H groups in total. The average molecular weight is 507 g/mol. The second kappa shape index (κ2) is 9.93. The fourth-order valence-corrected chi connectivity index (χ4v) is 5.45. The van der Waals surface area contributed by atoms with Gasteiger partial charge in [0.15, 0.2) is 0 Å². The van der Waals surface area contributed by atoms with Gasteiger partial charge in [0, 0.05) is 57.2 Å². The van der Waals surface area contributed by atoms with Crippen LogP contribution in [0.5, 0.6) is 0 Å². The molecule has 9 heteroatoms. The van der Waals surface area contributed by atoms with Crippen molar-refractivity contribution in [2.75, 3.05) is 37.8 Å². The number of aryl methyl sites for hydroxylation is 1. The number of hydrogen-bond acceptors (Lipinski definition) is 6. The summed E-state index contributed by atoms with van der Waals surface area (Å²) >= 11 is 0. The molecule has 1 aliphatic rings. The number of nitrogens with one attached hydrogen (secondary N) is 1. The van der Waals surface area contributed by atoms with Crippen LogP contribution in [0.4, 0.5) is 5.69 Å². The molecule has 0 amide bonds. The Hall–Kier alpha value is -3.40. The zero-order valence-corrected chi connectivity index (χ0v) is 21.3. The van der Waals surface area contributed by atoms with E-state index in [1.54, 1.807) is 11.6 Å². The van der Waals surface area contributed by atoms with Gasteiger partial charge in [0.25, 0.3) is 5.56 Å². The Morgan fingerprint density at radius 2 is 1.72 bits per heavy atom.